The van der Waals surface area contributed by atoms with Gasteiger partial charge in [0, 0.05) is 110 Å². The molecule has 3 amide bonds. The van der Waals surface area contributed by atoms with E-state index in [1.54, 1.807) is 12.1 Å². The van der Waals surface area contributed by atoms with Gasteiger partial charge in [0.1, 0.15) is 24.1 Å². The maximum Gasteiger partial charge on any atom is 0.326 e. The number of nitrogens with one attached hydrogen (secondary N) is 3. The number of fused-ring (bicyclic) bond motifs is 2. The van der Waals surface area contributed by atoms with E-state index < -0.39 is 166 Å². The number of allylic oxidation sites excluding steroid dienone is 7. The quantitative estimate of drug-likeness (QED) is 0.0108. The lowest BCUT2D eigenvalue weighted by atomic mass is 9.35. The third-order valence-corrected chi connectivity index (χ3v) is 29.5. The second kappa shape index (κ2) is 37.9. The predicted octanol–water partition coefficient (Wildman–Crippen LogP) is 10.9. The molecule has 7 aliphatic rings. The van der Waals surface area contributed by atoms with E-state index in [1.165, 1.54) is 48.5 Å². The highest BCUT2D eigenvalue weighted by atomic mass is 32.2. The number of rotatable bonds is 46. The molecule has 10 rings (SSSR count). The molecular formula is C81H109N5O28PS4+. The van der Waals surface area contributed by atoms with Crippen LogP contribution in [0.1, 0.15) is 219 Å². The van der Waals surface area contributed by atoms with Crippen molar-refractivity contribution in [1.82, 2.24) is 16.0 Å². The van der Waals surface area contributed by atoms with Crippen LogP contribution in [0.4, 0.5) is 11.4 Å². The molecule has 3 aromatic carbocycles. The Labute approximate surface area is 692 Å². The number of nitrogens with zero attached hydrogens (tertiary/aromatic N) is 2. The minimum atomic E-state index is -4.65. The van der Waals surface area contributed by atoms with E-state index in [-0.39, 0.29) is 103 Å². The van der Waals surface area contributed by atoms with Crippen molar-refractivity contribution in [3.8, 4) is 5.75 Å². The molecule has 0 radical (unpaired) electrons. The molecule has 4 fully saturated rings. The van der Waals surface area contributed by atoms with Crippen LogP contribution in [0.15, 0.2) is 122 Å². The summed E-state index contributed by atoms with van der Waals surface area (Å²) in [6.45, 7) is 8.49. The van der Waals surface area contributed by atoms with Crippen LogP contribution in [0.5, 0.6) is 5.75 Å². The number of hydrogen-bond donors (Lipinski definition) is 13. The lowest BCUT2D eigenvalue weighted by Gasteiger charge is -2.71. The van der Waals surface area contributed by atoms with Gasteiger partial charge in [-0.15, -0.1) is 0 Å². The molecule has 2 aliphatic heterocycles. The van der Waals surface area contributed by atoms with Crippen LogP contribution in [-0.4, -0.2) is 189 Å². The van der Waals surface area contributed by atoms with Crippen LogP contribution in [0.25, 0.3) is 0 Å². The number of ether oxygens (including phenoxy) is 1. The summed E-state index contributed by atoms with van der Waals surface area (Å²) in [5.41, 5.74) is 0.355. The largest absolute Gasteiger partial charge is 0.481 e. The fourth-order valence-corrected chi connectivity index (χ4v) is 23.3. The van der Waals surface area contributed by atoms with Gasteiger partial charge in [-0.1, -0.05) is 26.3 Å². The Morgan fingerprint density at radius 2 is 1.13 bits per heavy atom. The number of carbonyl (C=O) groups is 8. The summed E-state index contributed by atoms with van der Waals surface area (Å²) >= 11 is 0. The first-order valence-corrected chi connectivity index (χ1v) is 47.8. The molecular weight excluding hydrogens is 1650 g/mol. The zero-order chi connectivity index (χ0) is 87.7. The van der Waals surface area contributed by atoms with Crippen molar-refractivity contribution in [2.45, 2.75) is 245 Å². The minimum Gasteiger partial charge on any atom is -0.481 e. The van der Waals surface area contributed by atoms with Crippen molar-refractivity contribution in [3.63, 3.8) is 0 Å². The van der Waals surface area contributed by atoms with Crippen molar-refractivity contribution in [2.24, 2.45) is 22.2 Å². The Hall–Kier alpha value is -8.52. The number of carboxylic acids is 5. The number of carbonyl (C=O) groups excluding carboxylic acids is 3. The van der Waals surface area contributed by atoms with Crippen molar-refractivity contribution in [1.29, 1.82) is 0 Å². The predicted molar refractivity (Wildman–Crippen MR) is 435 cm³/mol. The van der Waals surface area contributed by atoms with Crippen molar-refractivity contribution in [2.75, 3.05) is 42.6 Å². The van der Waals surface area contributed by atoms with E-state index in [0.717, 1.165) is 5.71 Å². The Kier molecular flexibility index (Phi) is 30.0. The molecule has 33 nitrogen and oxygen atoms in total. The summed E-state index contributed by atoms with van der Waals surface area (Å²) in [6.07, 6.45) is 12.2. The van der Waals surface area contributed by atoms with E-state index >= 15 is 0 Å². The fraction of sp³-hybridized carbons (Fsp3) is 0.568. The van der Waals surface area contributed by atoms with Crippen LogP contribution in [-0.2, 0) is 94.2 Å². The zero-order valence-electron chi connectivity index (χ0n) is 67.1. The number of unbranched alkanes of at least 4 members (excludes halogenated alkanes) is 5. The molecule has 4 bridgehead atoms. The Bertz CT molecular complexity index is 5090. The summed E-state index contributed by atoms with van der Waals surface area (Å²) in [4.78, 5) is 112. The van der Waals surface area contributed by atoms with Gasteiger partial charge in [-0.2, -0.15) is 38.2 Å². The molecule has 13 N–H and O–H groups in total. The average molecular weight is 1760 g/mol. The number of hydrogen-bond acceptors (Lipinski definition) is 19. The third kappa shape index (κ3) is 24.9. The summed E-state index contributed by atoms with van der Waals surface area (Å²) in [7, 11) is -22.5. The Morgan fingerprint density at radius 1 is 0.571 bits per heavy atom. The van der Waals surface area contributed by atoms with Gasteiger partial charge in [0.15, 0.2) is 5.71 Å². The van der Waals surface area contributed by atoms with E-state index in [2.05, 4.69) is 20.5 Å². The minimum absolute atomic E-state index is 0.0873. The van der Waals surface area contributed by atoms with Gasteiger partial charge >= 0.3 is 29.8 Å². The lowest BCUT2D eigenvalue weighted by molar-refractivity contribution is -0.438. The maximum absolute atomic E-state index is 14.2. The number of benzene rings is 3. The number of aliphatic carboxylic acids is 5. The van der Waals surface area contributed by atoms with Crippen LogP contribution in [0, 0.1) is 22.2 Å². The van der Waals surface area contributed by atoms with Crippen molar-refractivity contribution >= 4 is 112 Å². The SMILES string of the molecule is CC1(C)C(/C=C/C2=C(Oc3ccc(S(=O)(=O)O)cc3)C(=C/C=C3/N(CCCCS(=O)(=O)O)c4ccc(S(=O)(=O)O)cc4C3(C)C)/CCC2)=[N+](CCCCCC(=O)NCCCCCC(=O)NC23CC4(CCC(=O)N[C@@H](CCP(=O)(O)CC(CCC(=O)O)C(=O)O)C(=O)O)C[C@@](CCC(=O)O)(C2)C[C@](CCC(=O)O)(C4)C3)c2ccc(S(=O)(=O)O)cc21. The average Bonchev–Trinajstić information content (AvgIpc) is 1.47. The molecule has 119 heavy (non-hydrogen) atoms. The Morgan fingerprint density at radius 3 is 1.69 bits per heavy atom. The first kappa shape index (κ1) is 94.3. The molecule has 2 heterocycles. The van der Waals surface area contributed by atoms with Crippen LogP contribution in [0.2, 0.25) is 0 Å². The van der Waals surface area contributed by atoms with Gasteiger partial charge in [0.25, 0.3) is 40.5 Å². The number of anilines is 1. The fourth-order valence-electron chi connectivity index (χ4n) is 19.4. The highest BCUT2D eigenvalue weighted by Gasteiger charge is 2.68. The van der Waals surface area contributed by atoms with Gasteiger partial charge in [-0.25, -0.2) is 4.79 Å². The van der Waals surface area contributed by atoms with E-state index in [0.29, 0.717) is 155 Å². The first-order chi connectivity index (χ1) is 55.4. The molecule has 0 aromatic heterocycles. The molecule has 4 saturated carbocycles. The molecule has 3 aromatic rings. The Balaban J connectivity index is 0.849. The van der Waals surface area contributed by atoms with E-state index in [4.69, 9.17) is 9.84 Å². The second-order valence-corrected chi connectivity index (χ2v) is 42.5. The molecule has 654 valence electrons. The summed E-state index contributed by atoms with van der Waals surface area (Å²) in [6, 6.07) is 12.0. The summed E-state index contributed by atoms with van der Waals surface area (Å²) in [5, 5.41) is 57.3. The highest BCUT2D eigenvalue weighted by Crippen LogP contribution is 2.74. The first-order valence-electron chi connectivity index (χ1n) is 39.9. The van der Waals surface area contributed by atoms with Crippen LogP contribution >= 0.6 is 7.37 Å². The van der Waals surface area contributed by atoms with Gasteiger partial charge in [0.2, 0.25) is 30.8 Å². The standard InChI is InChI=1S/C81H108N5O28PS4/c1-76(2)60-44-58(118(108,109)110)25-27-63(60)85(65(76)29-18-53-14-13-15-54(73(53)114-56-21-23-57(24-22-56)117(105,106)107)19-30-66-77(3,4)61-45-59(119(111,112)113)26-28-64(61)86(66)41-11-12-43-116(102,103)104)40-10-6-8-16-67(87)82-39-9-5-7-17-69(89)84-81-50-78(47-79(51-81,37-33-71(92)93)49-80(48-78,52-81)38-34-72(94)95)36-32-68(88)83-62(75(98)99)35-42-115(100,101)46-55(74(96)97)20-31-70(90)91/h18-19,21-30,44-45,55,62H,5-17,20,31-43,46-52H2,1-4H3,(H12-,82,83,84,87,88,89,90,91,92,93,94,95,96,97,98,99,100,101,102,103,104,105,106,107,108,109,110,111,112,113)/p+1/t55?,62-,78?,79-,80+,81?/m0/s1. The number of carboxylic acid groups (broad SMARTS) is 5. The molecule has 0 spiro atoms. The molecule has 7 atom stereocenters. The molecule has 5 aliphatic carbocycles. The number of amides is 3. The van der Waals surface area contributed by atoms with E-state index in [1.807, 2.05) is 56.9 Å². The zero-order valence-corrected chi connectivity index (χ0v) is 71.2. The van der Waals surface area contributed by atoms with Crippen molar-refractivity contribution in [3.05, 3.63) is 119 Å². The highest BCUT2D eigenvalue weighted by molar-refractivity contribution is 7.86. The monoisotopic (exact) mass is 1760 g/mol. The molecule has 0 saturated heterocycles. The van der Waals surface area contributed by atoms with Crippen LogP contribution in [0.3, 0.4) is 0 Å². The summed E-state index contributed by atoms with van der Waals surface area (Å²) in [5.74, 6) is -9.05. The van der Waals surface area contributed by atoms with Gasteiger partial charge in [-0.05, 0) is 242 Å². The normalized spacial score (nSPS) is 22.9. The van der Waals surface area contributed by atoms with Gasteiger partial charge in [-0.3, -0.25) is 56.3 Å². The third-order valence-electron chi connectivity index (χ3n) is 24.1. The van der Waals surface area contributed by atoms with Gasteiger partial charge < -0.3 is 56.0 Å². The smallest absolute Gasteiger partial charge is 0.326 e. The van der Waals surface area contributed by atoms with Crippen molar-refractivity contribution < 1.29 is 135 Å². The van der Waals surface area contributed by atoms with Crippen LogP contribution < -0.4 is 25.6 Å². The van der Waals surface area contributed by atoms with E-state index in [9.17, 15) is 120 Å². The summed E-state index contributed by atoms with van der Waals surface area (Å²) < 4.78 is 159. The topological polar surface area (TPSA) is 544 Å². The molecule has 38 heteroatoms. The second-order valence-electron chi connectivity index (χ2n) is 34.2. The maximum atomic E-state index is 14.2. The molecule has 4 unspecified atom stereocenters. The van der Waals surface area contributed by atoms with Gasteiger partial charge in [0.05, 0.1) is 31.8 Å². The lowest BCUT2D eigenvalue weighted by Crippen LogP contribution is -2.69.